The summed E-state index contributed by atoms with van der Waals surface area (Å²) < 4.78 is 7.39. The predicted molar refractivity (Wildman–Crippen MR) is 78.8 cm³/mol. The second-order valence-corrected chi connectivity index (χ2v) is 6.25. The van der Waals surface area contributed by atoms with Gasteiger partial charge in [0.1, 0.15) is 0 Å². The molecule has 0 amide bonds. The third-order valence-corrected chi connectivity index (χ3v) is 4.75. The van der Waals surface area contributed by atoms with Crippen molar-refractivity contribution in [1.29, 1.82) is 0 Å². The molecule has 0 bridgehead atoms. The van der Waals surface area contributed by atoms with Crippen molar-refractivity contribution < 1.29 is 4.52 Å². The summed E-state index contributed by atoms with van der Waals surface area (Å²) in [6, 6.07) is 0. The van der Waals surface area contributed by atoms with E-state index in [4.69, 9.17) is 10.3 Å². The van der Waals surface area contributed by atoms with Crippen LogP contribution in [0.3, 0.4) is 0 Å². The Bertz CT molecular complexity index is 651. The minimum atomic E-state index is -0.402. The zero-order valence-electron chi connectivity index (χ0n) is 13.2. The highest BCUT2D eigenvalue weighted by Crippen LogP contribution is 2.36. The first-order valence-corrected chi connectivity index (χ1v) is 7.55. The first-order chi connectivity index (χ1) is 9.92. The lowest BCUT2D eigenvalue weighted by atomic mass is 9.97. The molecule has 2 aromatic rings. The molecule has 0 aliphatic heterocycles. The van der Waals surface area contributed by atoms with Gasteiger partial charge in [-0.25, -0.2) is 0 Å². The number of hydrogen-bond donors (Lipinski definition) is 1. The van der Waals surface area contributed by atoms with Crippen LogP contribution < -0.4 is 5.73 Å². The molecule has 6 heteroatoms. The van der Waals surface area contributed by atoms with Gasteiger partial charge in [0.25, 0.3) is 0 Å². The molecule has 1 saturated carbocycles. The molecule has 0 spiro atoms. The maximum atomic E-state index is 6.39. The molecule has 114 valence electrons. The van der Waals surface area contributed by atoms with E-state index in [1.54, 1.807) is 0 Å². The Labute approximate surface area is 124 Å². The second kappa shape index (κ2) is 4.94. The smallest absolute Gasteiger partial charge is 0.234 e. The Kier molecular flexibility index (Phi) is 3.36. The highest BCUT2D eigenvalue weighted by atomic mass is 16.5. The minimum Gasteiger partial charge on any atom is -0.339 e. The number of hydrogen-bond acceptors (Lipinski definition) is 5. The van der Waals surface area contributed by atoms with Crippen molar-refractivity contribution in [1.82, 2.24) is 19.9 Å². The Morgan fingerprint density at radius 1 is 1.29 bits per heavy atom. The van der Waals surface area contributed by atoms with Crippen LogP contribution in [0.15, 0.2) is 4.52 Å². The first-order valence-electron chi connectivity index (χ1n) is 7.55. The van der Waals surface area contributed by atoms with Gasteiger partial charge in [0.2, 0.25) is 5.89 Å². The topological polar surface area (TPSA) is 82.8 Å². The molecule has 0 aromatic carbocycles. The zero-order valence-corrected chi connectivity index (χ0v) is 13.2. The van der Waals surface area contributed by atoms with Crippen molar-refractivity contribution >= 4 is 0 Å². The zero-order chi connectivity index (χ0) is 15.2. The predicted octanol–water partition coefficient (Wildman–Crippen LogP) is 2.30. The summed E-state index contributed by atoms with van der Waals surface area (Å²) in [5.74, 6) is 1.31. The highest BCUT2D eigenvalue weighted by molar-refractivity contribution is 5.32. The van der Waals surface area contributed by atoms with Crippen molar-refractivity contribution in [2.75, 3.05) is 0 Å². The van der Waals surface area contributed by atoms with Gasteiger partial charge in [-0.15, -0.1) is 0 Å². The van der Waals surface area contributed by atoms with E-state index >= 15 is 0 Å². The second-order valence-electron chi connectivity index (χ2n) is 6.25. The van der Waals surface area contributed by atoms with Gasteiger partial charge in [0.15, 0.2) is 5.82 Å². The van der Waals surface area contributed by atoms with Crippen molar-refractivity contribution in [2.24, 2.45) is 12.8 Å². The summed E-state index contributed by atoms with van der Waals surface area (Å²) in [7, 11) is 1.95. The van der Waals surface area contributed by atoms with E-state index in [-0.39, 0.29) is 5.92 Å². The van der Waals surface area contributed by atoms with Gasteiger partial charge in [-0.3, -0.25) is 4.68 Å². The molecule has 1 unspecified atom stereocenters. The third-order valence-electron chi connectivity index (χ3n) is 4.75. The molecule has 2 N–H and O–H groups in total. The van der Waals surface area contributed by atoms with Crippen LogP contribution in [-0.4, -0.2) is 19.9 Å². The summed E-state index contributed by atoms with van der Waals surface area (Å²) >= 11 is 0. The number of nitrogens with zero attached hydrogens (tertiary/aromatic N) is 4. The first kappa shape index (κ1) is 14.3. The maximum absolute atomic E-state index is 6.39. The highest BCUT2D eigenvalue weighted by Gasteiger charge is 2.36. The van der Waals surface area contributed by atoms with Crippen molar-refractivity contribution in [3.8, 4) is 0 Å². The Hall–Kier alpha value is -1.69. The third kappa shape index (κ3) is 2.27. The van der Waals surface area contributed by atoms with E-state index in [1.165, 1.54) is 0 Å². The van der Waals surface area contributed by atoms with Gasteiger partial charge in [-0.1, -0.05) is 18.0 Å². The van der Waals surface area contributed by atoms with Crippen LogP contribution in [0.25, 0.3) is 0 Å². The molecule has 0 saturated heterocycles. The standard InChI is InChI=1S/C15H23N5O/c1-9(12-10(2)18-20(4)11(12)3)13-17-14(19-21-13)15(16)7-5-6-8-15/h9H,5-8,16H2,1-4H3. The van der Waals surface area contributed by atoms with E-state index in [2.05, 4.69) is 29.1 Å². The van der Waals surface area contributed by atoms with Crippen molar-refractivity contribution in [3.05, 3.63) is 28.7 Å². The molecule has 21 heavy (non-hydrogen) atoms. The summed E-state index contributed by atoms with van der Waals surface area (Å²) in [6.07, 6.45) is 4.14. The van der Waals surface area contributed by atoms with Crippen LogP contribution in [0.2, 0.25) is 0 Å². The Balaban J connectivity index is 1.92. The fourth-order valence-corrected chi connectivity index (χ4v) is 3.38. The molecular formula is C15H23N5O. The summed E-state index contributed by atoms with van der Waals surface area (Å²) in [6.45, 7) is 6.15. The quantitative estimate of drug-likeness (QED) is 0.937. The normalized spacial score (nSPS) is 19.1. The lowest BCUT2D eigenvalue weighted by Gasteiger charge is -2.17. The molecule has 1 fully saturated rings. The number of aromatic nitrogens is 4. The Morgan fingerprint density at radius 3 is 2.52 bits per heavy atom. The fraction of sp³-hybridized carbons (Fsp3) is 0.667. The largest absolute Gasteiger partial charge is 0.339 e. The van der Waals surface area contributed by atoms with Crippen LogP contribution in [0, 0.1) is 13.8 Å². The molecule has 3 rings (SSSR count). The number of nitrogens with two attached hydrogens (primary N) is 1. The molecule has 1 atom stereocenters. The van der Waals surface area contributed by atoms with Gasteiger partial charge in [0, 0.05) is 18.3 Å². The molecule has 1 aliphatic carbocycles. The molecule has 0 radical (unpaired) electrons. The minimum absolute atomic E-state index is 0.0324. The van der Waals surface area contributed by atoms with Crippen LogP contribution in [0.5, 0.6) is 0 Å². The lowest BCUT2D eigenvalue weighted by Crippen LogP contribution is -2.34. The number of rotatable bonds is 3. The monoisotopic (exact) mass is 289 g/mol. The maximum Gasteiger partial charge on any atom is 0.234 e. The van der Waals surface area contributed by atoms with E-state index in [1.807, 2.05) is 18.7 Å². The van der Waals surface area contributed by atoms with Crippen molar-refractivity contribution in [2.45, 2.75) is 57.9 Å². The Morgan fingerprint density at radius 2 is 1.95 bits per heavy atom. The van der Waals surface area contributed by atoms with Crippen LogP contribution in [-0.2, 0) is 12.6 Å². The van der Waals surface area contributed by atoms with Gasteiger partial charge in [-0.2, -0.15) is 10.1 Å². The van der Waals surface area contributed by atoms with Gasteiger partial charge in [-0.05, 0) is 33.6 Å². The molecule has 2 heterocycles. The van der Waals surface area contributed by atoms with Gasteiger partial charge >= 0.3 is 0 Å². The SMILES string of the molecule is Cc1nn(C)c(C)c1C(C)c1nc(C2(N)CCCC2)no1. The molecular weight excluding hydrogens is 266 g/mol. The van der Waals surface area contributed by atoms with E-state index in [0.717, 1.165) is 42.6 Å². The van der Waals surface area contributed by atoms with Crippen LogP contribution >= 0.6 is 0 Å². The summed E-state index contributed by atoms with van der Waals surface area (Å²) in [4.78, 5) is 4.59. The summed E-state index contributed by atoms with van der Waals surface area (Å²) in [5, 5.41) is 8.60. The van der Waals surface area contributed by atoms with E-state index in [0.29, 0.717) is 11.7 Å². The van der Waals surface area contributed by atoms with Crippen LogP contribution in [0.4, 0.5) is 0 Å². The van der Waals surface area contributed by atoms with E-state index < -0.39 is 5.54 Å². The van der Waals surface area contributed by atoms with Gasteiger partial charge in [0.05, 0.1) is 17.2 Å². The molecule has 6 nitrogen and oxygen atoms in total. The molecule has 2 aromatic heterocycles. The molecule has 1 aliphatic rings. The average molecular weight is 289 g/mol. The fourth-order valence-electron chi connectivity index (χ4n) is 3.38. The van der Waals surface area contributed by atoms with E-state index in [9.17, 15) is 0 Å². The number of aryl methyl sites for hydroxylation is 2. The summed E-state index contributed by atoms with van der Waals surface area (Å²) in [5.41, 5.74) is 9.28. The average Bonchev–Trinajstić information content (AvgIpc) is 3.12. The van der Waals surface area contributed by atoms with Crippen LogP contribution in [0.1, 0.15) is 67.2 Å². The van der Waals surface area contributed by atoms with Gasteiger partial charge < -0.3 is 10.3 Å². The lowest BCUT2D eigenvalue weighted by molar-refractivity contribution is 0.343. The van der Waals surface area contributed by atoms with Crippen molar-refractivity contribution in [3.63, 3.8) is 0 Å².